The van der Waals surface area contributed by atoms with Crippen LogP contribution >= 0.6 is 0 Å². The lowest BCUT2D eigenvalue weighted by Crippen LogP contribution is -2.26. The molecule has 0 atom stereocenters. The molecule has 88 valence electrons. The number of ether oxygens (including phenoxy) is 1. The fourth-order valence-corrected chi connectivity index (χ4v) is 2.01. The first-order chi connectivity index (χ1) is 7.81. The molecule has 1 aromatic rings. The van der Waals surface area contributed by atoms with Crippen molar-refractivity contribution in [3.8, 4) is 0 Å². The fraction of sp³-hybridized carbons (Fsp3) is 0.500. The summed E-state index contributed by atoms with van der Waals surface area (Å²) in [6, 6.07) is 4.99. The van der Waals surface area contributed by atoms with Gasteiger partial charge in [0.15, 0.2) is 0 Å². The second kappa shape index (κ2) is 5.27. The topological polar surface area (TPSA) is 38.5 Å². The van der Waals surface area contributed by atoms with E-state index in [0.29, 0.717) is 19.8 Å². The number of hydrogen-bond acceptors (Lipinski definition) is 3. The quantitative estimate of drug-likeness (QED) is 0.763. The van der Waals surface area contributed by atoms with Gasteiger partial charge in [-0.3, -0.25) is 0 Å². The largest absolute Gasteiger partial charge is 0.378 e. The molecule has 16 heavy (non-hydrogen) atoms. The monoisotopic (exact) mass is 224 g/mol. The summed E-state index contributed by atoms with van der Waals surface area (Å²) in [7, 11) is 0. The first-order valence-corrected chi connectivity index (χ1v) is 5.62. The lowest BCUT2D eigenvalue weighted by molar-refractivity contribution is 0.148. The second-order valence-electron chi connectivity index (χ2n) is 3.91. The van der Waals surface area contributed by atoms with E-state index < -0.39 is 0 Å². The number of rotatable bonds is 5. The molecule has 0 bridgehead atoms. The molecule has 1 aromatic carbocycles. The normalized spacial score (nSPS) is 14.2. The SMILES string of the molecule is NCCOCCN1CCc2ccc(F)cc21. The Hall–Kier alpha value is -1.13. The molecule has 4 heteroatoms. The molecule has 2 N–H and O–H groups in total. The van der Waals surface area contributed by atoms with Gasteiger partial charge in [-0.1, -0.05) is 6.07 Å². The lowest BCUT2D eigenvalue weighted by atomic mass is 10.2. The van der Waals surface area contributed by atoms with Gasteiger partial charge in [-0.15, -0.1) is 0 Å². The van der Waals surface area contributed by atoms with Gasteiger partial charge in [0.1, 0.15) is 5.82 Å². The van der Waals surface area contributed by atoms with Crippen LogP contribution in [-0.2, 0) is 11.2 Å². The number of nitrogens with zero attached hydrogens (tertiary/aromatic N) is 1. The fourth-order valence-electron chi connectivity index (χ4n) is 2.01. The Bertz CT molecular complexity index is 357. The van der Waals surface area contributed by atoms with Crippen molar-refractivity contribution in [3.63, 3.8) is 0 Å². The van der Waals surface area contributed by atoms with E-state index >= 15 is 0 Å². The third-order valence-corrected chi connectivity index (χ3v) is 2.81. The Morgan fingerprint density at radius 3 is 3.06 bits per heavy atom. The summed E-state index contributed by atoms with van der Waals surface area (Å²) in [6.45, 7) is 3.53. The van der Waals surface area contributed by atoms with Crippen LogP contribution in [0.1, 0.15) is 5.56 Å². The molecule has 2 rings (SSSR count). The molecule has 1 aliphatic heterocycles. The molecule has 0 radical (unpaired) electrons. The van der Waals surface area contributed by atoms with Gasteiger partial charge < -0.3 is 15.4 Å². The number of halogens is 1. The molecule has 1 heterocycles. The van der Waals surface area contributed by atoms with Crippen LogP contribution < -0.4 is 10.6 Å². The van der Waals surface area contributed by atoms with Crippen molar-refractivity contribution in [1.82, 2.24) is 0 Å². The second-order valence-corrected chi connectivity index (χ2v) is 3.91. The third-order valence-electron chi connectivity index (χ3n) is 2.81. The van der Waals surface area contributed by atoms with Crippen LogP contribution in [0.15, 0.2) is 18.2 Å². The van der Waals surface area contributed by atoms with Crippen molar-refractivity contribution in [1.29, 1.82) is 0 Å². The molecule has 0 fully saturated rings. The number of fused-ring (bicyclic) bond motifs is 1. The van der Waals surface area contributed by atoms with Gasteiger partial charge in [0.05, 0.1) is 13.2 Å². The average Bonchev–Trinajstić information content (AvgIpc) is 2.67. The van der Waals surface area contributed by atoms with E-state index in [9.17, 15) is 4.39 Å². The molecule has 1 aliphatic rings. The third kappa shape index (κ3) is 2.51. The Balaban J connectivity index is 1.92. The highest BCUT2D eigenvalue weighted by atomic mass is 19.1. The van der Waals surface area contributed by atoms with E-state index in [0.717, 1.165) is 25.2 Å². The van der Waals surface area contributed by atoms with Gasteiger partial charge >= 0.3 is 0 Å². The highest BCUT2D eigenvalue weighted by Crippen LogP contribution is 2.28. The molecular formula is C12H17FN2O. The van der Waals surface area contributed by atoms with Crippen molar-refractivity contribution >= 4 is 5.69 Å². The zero-order chi connectivity index (χ0) is 11.4. The minimum atomic E-state index is -0.173. The van der Waals surface area contributed by atoms with Gasteiger partial charge in [-0.05, 0) is 24.1 Å². The van der Waals surface area contributed by atoms with E-state index in [1.54, 1.807) is 6.07 Å². The summed E-state index contributed by atoms with van der Waals surface area (Å²) in [4.78, 5) is 2.16. The molecule has 0 saturated carbocycles. The molecular weight excluding hydrogens is 207 g/mol. The summed E-state index contributed by atoms with van der Waals surface area (Å²) in [6.07, 6.45) is 0.993. The van der Waals surface area contributed by atoms with Crippen molar-refractivity contribution < 1.29 is 9.13 Å². The van der Waals surface area contributed by atoms with Crippen LogP contribution in [0.5, 0.6) is 0 Å². The Labute approximate surface area is 95.0 Å². The van der Waals surface area contributed by atoms with Crippen LogP contribution in [0, 0.1) is 5.82 Å². The maximum Gasteiger partial charge on any atom is 0.125 e. The van der Waals surface area contributed by atoms with Crippen LogP contribution in [-0.4, -0.2) is 32.8 Å². The van der Waals surface area contributed by atoms with E-state index in [2.05, 4.69) is 4.90 Å². The van der Waals surface area contributed by atoms with Crippen molar-refractivity contribution in [2.75, 3.05) is 37.7 Å². The van der Waals surface area contributed by atoms with E-state index in [4.69, 9.17) is 10.5 Å². The van der Waals surface area contributed by atoms with E-state index in [1.165, 1.54) is 11.6 Å². The van der Waals surface area contributed by atoms with Crippen molar-refractivity contribution in [2.45, 2.75) is 6.42 Å². The molecule has 0 aliphatic carbocycles. The van der Waals surface area contributed by atoms with Gasteiger partial charge in [-0.2, -0.15) is 0 Å². The summed E-state index contributed by atoms with van der Waals surface area (Å²) in [5.41, 5.74) is 7.56. The maximum atomic E-state index is 13.1. The maximum absolute atomic E-state index is 13.1. The lowest BCUT2D eigenvalue weighted by Gasteiger charge is -2.19. The Morgan fingerprint density at radius 1 is 1.38 bits per heavy atom. The molecule has 0 saturated heterocycles. The van der Waals surface area contributed by atoms with Gasteiger partial charge in [-0.25, -0.2) is 4.39 Å². The zero-order valence-corrected chi connectivity index (χ0v) is 9.29. The molecule has 0 amide bonds. The minimum Gasteiger partial charge on any atom is -0.378 e. The highest BCUT2D eigenvalue weighted by Gasteiger charge is 2.18. The molecule has 3 nitrogen and oxygen atoms in total. The zero-order valence-electron chi connectivity index (χ0n) is 9.29. The number of hydrogen-bond donors (Lipinski definition) is 1. The van der Waals surface area contributed by atoms with Crippen LogP contribution in [0.25, 0.3) is 0 Å². The summed E-state index contributed by atoms with van der Waals surface area (Å²) in [5.74, 6) is -0.173. The van der Waals surface area contributed by atoms with Crippen LogP contribution in [0.4, 0.5) is 10.1 Å². The molecule has 0 aromatic heterocycles. The summed E-state index contributed by atoms with van der Waals surface area (Å²) >= 11 is 0. The predicted octanol–water partition coefficient (Wildman–Crippen LogP) is 1.16. The standard InChI is InChI=1S/C12H17FN2O/c13-11-2-1-10-3-5-15(12(10)9-11)6-8-16-7-4-14/h1-2,9H,3-8,14H2. The van der Waals surface area contributed by atoms with Gasteiger partial charge in [0.25, 0.3) is 0 Å². The van der Waals surface area contributed by atoms with Crippen LogP contribution in [0.2, 0.25) is 0 Å². The van der Waals surface area contributed by atoms with Crippen LogP contribution in [0.3, 0.4) is 0 Å². The predicted molar refractivity (Wildman–Crippen MR) is 62.2 cm³/mol. The number of anilines is 1. The number of benzene rings is 1. The van der Waals surface area contributed by atoms with Crippen molar-refractivity contribution in [3.05, 3.63) is 29.6 Å². The molecule has 0 unspecified atom stereocenters. The van der Waals surface area contributed by atoms with E-state index in [1.807, 2.05) is 6.07 Å². The van der Waals surface area contributed by atoms with E-state index in [-0.39, 0.29) is 5.82 Å². The summed E-state index contributed by atoms with van der Waals surface area (Å²) in [5, 5.41) is 0. The molecule has 0 spiro atoms. The summed E-state index contributed by atoms with van der Waals surface area (Å²) < 4.78 is 18.4. The first kappa shape index (κ1) is 11.4. The Kier molecular flexibility index (Phi) is 3.74. The van der Waals surface area contributed by atoms with Gasteiger partial charge in [0.2, 0.25) is 0 Å². The highest BCUT2D eigenvalue weighted by molar-refractivity contribution is 5.58. The smallest absolute Gasteiger partial charge is 0.125 e. The number of nitrogens with two attached hydrogens (primary N) is 1. The first-order valence-electron chi connectivity index (χ1n) is 5.62. The average molecular weight is 224 g/mol. The van der Waals surface area contributed by atoms with Crippen molar-refractivity contribution in [2.24, 2.45) is 5.73 Å². The Morgan fingerprint density at radius 2 is 2.25 bits per heavy atom. The van der Waals surface area contributed by atoms with Gasteiger partial charge in [0, 0.05) is 25.3 Å². The minimum absolute atomic E-state index is 0.173.